The Kier molecular flexibility index (Phi) is 6.23. The molecule has 3 rings (SSSR count). The van der Waals surface area contributed by atoms with Crippen LogP contribution in [0.5, 0.6) is 5.88 Å². The Morgan fingerprint density at radius 2 is 2.12 bits per heavy atom. The van der Waals surface area contributed by atoms with Gasteiger partial charge in [-0.2, -0.15) is 0 Å². The number of aromatic nitrogens is 2. The largest absolute Gasteiger partial charge is 0.481 e. The van der Waals surface area contributed by atoms with E-state index in [0.29, 0.717) is 5.88 Å². The lowest BCUT2D eigenvalue weighted by Gasteiger charge is -2.26. The van der Waals surface area contributed by atoms with Crippen LogP contribution in [0.15, 0.2) is 36.7 Å². The molecule has 0 aromatic carbocycles. The van der Waals surface area contributed by atoms with Gasteiger partial charge >= 0.3 is 0 Å². The number of rotatable bonds is 8. The van der Waals surface area contributed by atoms with Gasteiger partial charge in [0.05, 0.1) is 32.2 Å². The standard InChI is InChI=1S/C18H26N4O2/c1-23-18-6-5-17(15-20-18)22-9-2-4-16(22)14-19-7-3-8-21-10-12-24-13-11-21/h2,4-6,9,15,19H,3,7-8,10-14H2,1H3. The first-order valence-corrected chi connectivity index (χ1v) is 8.54. The molecule has 6 nitrogen and oxygen atoms in total. The fourth-order valence-electron chi connectivity index (χ4n) is 2.92. The van der Waals surface area contributed by atoms with Crippen LogP contribution in [0.3, 0.4) is 0 Å². The molecule has 6 heteroatoms. The number of nitrogens with one attached hydrogen (secondary N) is 1. The van der Waals surface area contributed by atoms with Crippen molar-refractivity contribution >= 4 is 0 Å². The molecule has 2 aromatic heterocycles. The van der Waals surface area contributed by atoms with Gasteiger partial charge < -0.3 is 19.4 Å². The number of hydrogen-bond acceptors (Lipinski definition) is 5. The third-order valence-corrected chi connectivity index (χ3v) is 4.28. The van der Waals surface area contributed by atoms with Crippen LogP contribution in [-0.2, 0) is 11.3 Å². The van der Waals surface area contributed by atoms with Gasteiger partial charge in [-0.1, -0.05) is 0 Å². The Labute approximate surface area is 143 Å². The van der Waals surface area contributed by atoms with Crippen LogP contribution in [0.1, 0.15) is 12.1 Å². The minimum atomic E-state index is 0.633. The van der Waals surface area contributed by atoms with Crippen molar-refractivity contribution in [2.75, 3.05) is 46.5 Å². The molecule has 1 N–H and O–H groups in total. The zero-order chi connectivity index (χ0) is 16.6. The molecule has 130 valence electrons. The van der Waals surface area contributed by atoms with Crippen molar-refractivity contribution < 1.29 is 9.47 Å². The van der Waals surface area contributed by atoms with E-state index < -0.39 is 0 Å². The number of morpholine rings is 1. The van der Waals surface area contributed by atoms with Crippen molar-refractivity contribution in [1.82, 2.24) is 19.8 Å². The molecular weight excluding hydrogens is 304 g/mol. The summed E-state index contributed by atoms with van der Waals surface area (Å²) in [6.45, 7) is 6.87. The van der Waals surface area contributed by atoms with Gasteiger partial charge in [-0.15, -0.1) is 0 Å². The second kappa shape index (κ2) is 8.82. The summed E-state index contributed by atoms with van der Waals surface area (Å²) >= 11 is 0. The first-order chi connectivity index (χ1) is 11.9. The van der Waals surface area contributed by atoms with Crippen LogP contribution in [0, 0.1) is 0 Å². The monoisotopic (exact) mass is 330 g/mol. The molecule has 0 spiro atoms. The summed E-state index contributed by atoms with van der Waals surface area (Å²) in [6.07, 6.45) is 5.06. The molecule has 0 aliphatic carbocycles. The second-order valence-electron chi connectivity index (χ2n) is 5.91. The van der Waals surface area contributed by atoms with Gasteiger partial charge in [-0.05, 0) is 37.7 Å². The van der Waals surface area contributed by atoms with Crippen LogP contribution in [0.2, 0.25) is 0 Å². The SMILES string of the molecule is COc1ccc(-n2cccc2CNCCCN2CCOCC2)cn1. The molecular formula is C18H26N4O2. The van der Waals surface area contributed by atoms with Gasteiger partial charge in [0, 0.05) is 37.6 Å². The van der Waals surface area contributed by atoms with E-state index in [2.05, 4.69) is 38.1 Å². The normalized spacial score (nSPS) is 15.5. The summed E-state index contributed by atoms with van der Waals surface area (Å²) in [5.74, 6) is 0.633. The van der Waals surface area contributed by atoms with Crippen molar-refractivity contribution in [3.8, 4) is 11.6 Å². The molecule has 24 heavy (non-hydrogen) atoms. The molecule has 1 aliphatic rings. The van der Waals surface area contributed by atoms with Crippen molar-refractivity contribution in [2.24, 2.45) is 0 Å². The number of pyridine rings is 1. The lowest BCUT2D eigenvalue weighted by molar-refractivity contribution is 0.0374. The Hall–Kier alpha value is -1.89. The van der Waals surface area contributed by atoms with Crippen LogP contribution in [0.25, 0.3) is 5.69 Å². The quantitative estimate of drug-likeness (QED) is 0.747. The Balaban J connectivity index is 1.45. The average Bonchev–Trinajstić information content (AvgIpc) is 3.11. The van der Waals surface area contributed by atoms with E-state index in [1.807, 2.05) is 18.3 Å². The number of hydrogen-bond donors (Lipinski definition) is 1. The Bertz CT molecular complexity index is 606. The maximum atomic E-state index is 5.37. The van der Waals surface area contributed by atoms with Crippen LogP contribution >= 0.6 is 0 Å². The lowest BCUT2D eigenvalue weighted by atomic mass is 10.3. The highest BCUT2D eigenvalue weighted by Gasteiger charge is 2.09. The van der Waals surface area contributed by atoms with Crippen LogP contribution in [0.4, 0.5) is 0 Å². The van der Waals surface area contributed by atoms with Gasteiger partial charge in [0.1, 0.15) is 0 Å². The molecule has 0 atom stereocenters. The zero-order valence-corrected chi connectivity index (χ0v) is 14.3. The molecule has 0 radical (unpaired) electrons. The minimum absolute atomic E-state index is 0.633. The zero-order valence-electron chi connectivity index (χ0n) is 14.3. The van der Waals surface area contributed by atoms with Crippen molar-refractivity contribution in [3.05, 3.63) is 42.4 Å². The number of nitrogens with zero attached hydrogens (tertiary/aromatic N) is 3. The minimum Gasteiger partial charge on any atom is -0.481 e. The molecule has 1 saturated heterocycles. The van der Waals surface area contributed by atoms with Crippen LogP contribution < -0.4 is 10.1 Å². The number of methoxy groups -OCH3 is 1. The van der Waals surface area contributed by atoms with E-state index >= 15 is 0 Å². The van der Waals surface area contributed by atoms with Gasteiger partial charge in [0.2, 0.25) is 5.88 Å². The molecule has 1 fully saturated rings. The molecule has 1 aliphatic heterocycles. The fraction of sp³-hybridized carbons (Fsp3) is 0.500. The van der Waals surface area contributed by atoms with Gasteiger partial charge in [0.25, 0.3) is 0 Å². The van der Waals surface area contributed by atoms with Crippen LogP contribution in [-0.4, -0.2) is 61.0 Å². The van der Waals surface area contributed by atoms with Crippen molar-refractivity contribution in [2.45, 2.75) is 13.0 Å². The predicted molar refractivity (Wildman–Crippen MR) is 93.7 cm³/mol. The van der Waals surface area contributed by atoms with Gasteiger partial charge in [-0.3, -0.25) is 4.90 Å². The number of ether oxygens (including phenoxy) is 2. The molecule has 3 heterocycles. The third kappa shape index (κ3) is 4.56. The van der Waals surface area contributed by atoms with E-state index in [0.717, 1.165) is 58.0 Å². The summed E-state index contributed by atoms with van der Waals surface area (Å²) < 4.78 is 12.6. The first-order valence-electron chi connectivity index (χ1n) is 8.54. The van der Waals surface area contributed by atoms with Gasteiger partial charge in [-0.25, -0.2) is 4.98 Å². The van der Waals surface area contributed by atoms with E-state index in [9.17, 15) is 0 Å². The highest BCUT2D eigenvalue weighted by atomic mass is 16.5. The third-order valence-electron chi connectivity index (χ3n) is 4.28. The summed E-state index contributed by atoms with van der Waals surface area (Å²) in [6, 6.07) is 8.11. The highest BCUT2D eigenvalue weighted by Crippen LogP contribution is 2.14. The maximum absolute atomic E-state index is 5.37. The molecule has 0 amide bonds. The Morgan fingerprint density at radius 1 is 1.25 bits per heavy atom. The summed E-state index contributed by atoms with van der Waals surface area (Å²) in [5.41, 5.74) is 2.28. The van der Waals surface area contributed by atoms with Gasteiger partial charge in [0.15, 0.2) is 0 Å². The van der Waals surface area contributed by atoms with E-state index in [1.165, 1.54) is 5.69 Å². The molecule has 0 saturated carbocycles. The van der Waals surface area contributed by atoms with Crippen molar-refractivity contribution in [3.63, 3.8) is 0 Å². The van der Waals surface area contributed by atoms with E-state index in [-0.39, 0.29) is 0 Å². The van der Waals surface area contributed by atoms with E-state index in [4.69, 9.17) is 9.47 Å². The first kappa shape index (κ1) is 17.0. The summed E-state index contributed by atoms with van der Waals surface area (Å²) in [4.78, 5) is 6.75. The topological polar surface area (TPSA) is 51.5 Å². The lowest BCUT2D eigenvalue weighted by Crippen LogP contribution is -2.37. The molecule has 0 unspecified atom stereocenters. The average molecular weight is 330 g/mol. The molecule has 2 aromatic rings. The summed E-state index contributed by atoms with van der Waals surface area (Å²) in [7, 11) is 1.63. The molecule has 0 bridgehead atoms. The summed E-state index contributed by atoms with van der Waals surface area (Å²) in [5, 5.41) is 3.54. The Morgan fingerprint density at radius 3 is 2.88 bits per heavy atom. The maximum Gasteiger partial charge on any atom is 0.213 e. The second-order valence-corrected chi connectivity index (χ2v) is 5.91. The highest BCUT2D eigenvalue weighted by molar-refractivity contribution is 5.34. The smallest absolute Gasteiger partial charge is 0.213 e. The fourth-order valence-corrected chi connectivity index (χ4v) is 2.92. The predicted octanol–water partition coefficient (Wildman–Crippen LogP) is 1.69. The van der Waals surface area contributed by atoms with Crippen molar-refractivity contribution in [1.29, 1.82) is 0 Å². The van der Waals surface area contributed by atoms with E-state index in [1.54, 1.807) is 7.11 Å².